The molecule has 154 valence electrons. The van der Waals surface area contributed by atoms with E-state index in [-0.39, 0.29) is 17.6 Å². The first-order valence-electron chi connectivity index (χ1n) is 9.54. The van der Waals surface area contributed by atoms with E-state index < -0.39 is 5.82 Å². The van der Waals surface area contributed by atoms with Gasteiger partial charge in [0, 0.05) is 35.2 Å². The molecule has 1 aliphatic heterocycles. The van der Waals surface area contributed by atoms with Gasteiger partial charge in [0.05, 0.1) is 12.8 Å². The van der Waals surface area contributed by atoms with Crippen LogP contribution in [0.5, 0.6) is 5.75 Å². The Morgan fingerprint density at radius 2 is 2.10 bits per heavy atom. The molecule has 3 aromatic rings. The molecule has 2 heterocycles. The topological polar surface area (TPSA) is 71.5 Å². The third kappa shape index (κ3) is 3.78. The molecule has 0 fully saturated rings. The average Bonchev–Trinajstić information content (AvgIpc) is 3.39. The summed E-state index contributed by atoms with van der Waals surface area (Å²) < 4.78 is 18.9. The fourth-order valence-corrected chi connectivity index (χ4v) is 4.17. The van der Waals surface area contributed by atoms with Crippen LogP contribution in [-0.4, -0.2) is 30.5 Å². The quantitative estimate of drug-likeness (QED) is 0.653. The van der Waals surface area contributed by atoms with Crippen molar-refractivity contribution in [2.75, 3.05) is 23.9 Å². The summed E-state index contributed by atoms with van der Waals surface area (Å²) in [5.74, 6) is -0.503. The SMILES string of the molecule is CCC(=O)N1CCc2cc(C(=O)Nc3nc(-c4ccc(OC)c(F)c4)cs3)ccc21. The fourth-order valence-electron chi connectivity index (χ4n) is 3.45. The zero-order valence-electron chi connectivity index (χ0n) is 16.6. The number of carbonyl (C=O) groups is 2. The number of nitrogens with zero attached hydrogens (tertiary/aromatic N) is 2. The van der Waals surface area contributed by atoms with Gasteiger partial charge >= 0.3 is 0 Å². The first-order valence-corrected chi connectivity index (χ1v) is 10.4. The number of carbonyl (C=O) groups excluding carboxylic acids is 2. The highest BCUT2D eigenvalue weighted by molar-refractivity contribution is 7.14. The number of ether oxygens (including phenoxy) is 1. The smallest absolute Gasteiger partial charge is 0.257 e. The van der Waals surface area contributed by atoms with Crippen molar-refractivity contribution in [2.24, 2.45) is 0 Å². The number of fused-ring (bicyclic) bond motifs is 1. The van der Waals surface area contributed by atoms with Crippen LogP contribution in [-0.2, 0) is 11.2 Å². The summed E-state index contributed by atoms with van der Waals surface area (Å²) in [5, 5.41) is 4.97. The van der Waals surface area contributed by atoms with Crippen molar-refractivity contribution in [1.29, 1.82) is 0 Å². The summed E-state index contributed by atoms with van der Waals surface area (Å²) in [6.45, 7) is 2.48. The van der Waals surface area contributed by atoms with Crippen LogP contribution in [0, 0.1) is 5.82 Å². The number of thiazole rings is 1. The van der Waals surface area contributed by atoms with Gasteiger partial charge in [-0.25, -0.2) is 9.37 Å². The van der Waals surface area contributed by atoms with E-state index in [1.54, 1.807) is 28.5 Å². The van der Waals surface area contributed by atoms with Gasteiger partial charge < -0.3 is 9.64 Å². The maximum atomic E-state index is 13.9. The molecule has 6 nitrogen and oxygen atoms in total. The fraction of sp³-hybridized carbons (Fsp3) is 0.227. The predicted molar refractivity (Wildman–Crippen MR) is 115 cm³/mol. The number of hydrogen-bond acceptors (Lipinski definition) is 5. The van der Waals surface area contributed by atoms with E-state index in [0.717, 1.165) is 17.7 Å². The molecule has 0 unspecified atom stereocenters. The molecule has 8 heteroatoms. The number of methoxy groups -OCH3 is 1. The minimum absolute atomic E-state index is 0.0798. The van der Waals surface area contributed by atoms with Crippen LogP contribution in [0.15, 0.2) is 41.8 Å². The Labute approximate surface area is 177 Å². The van der Waals surface area contributed by atoms with Crippen molar-refractivity contribution >= 4 is 34.0 Å². The Hall–Kier alpha value is -3.26. The van der Waals surface area contributed by atoms with Gasteiger partial charge in [0.1, 0.15) is 0 Å². The lowest BCUT2D eigenvalue weighted by atomic mass is 10.1. The van der Waals surface area contributed by atoms with Crippen molar-refractivity contribution in [2.45, 2.75) is 19.8 Å². The van der Waals surface area contributed by atoms with E-state index in [4.69, 9.17) is 4.74 Å². The number of halogens is 1. The van der Waals surface area contributed by atoms with E-state index in [0.29, 0.717) is 34.9 Å². The van der Waals surface area contributed by atoms with Crippen molar-refractivity contribution in [3.63, 3.8) is 0 Å². The van der Waals surface area contributed by atoms with E-state index in [2.05, 4.69) is 10.3 Å². The van der Waals surface area contributed by atoms with Crippen molar-refractivity contribution in [3.05, 3.63) is 58.7 Å². The summed E-state index contributed by atoms with van der Waals surface area (Å²) >= 11 is 1.27. The number of hydrogen-bond donors (Lipinski definition) is 1. The molecular formula is C22H20FN3O3S. The number of nitrogens with one attached hydrogen (secondary N) is 1. The van der Waals surface area contributed by atoms with Crippen molar-refractivity contribution in [1.82, 2.24) is 4.98 Å². The van der Waals surface area contributed by atoms with Crippen LogP contribution in [0.25, 0.3) is 11.3 Å². The van der Waals surface area contributed by atoms with Gasteiger partial charge in [0.25, 0.3) is 5.91 Å². The lowest BCUT2D eigenvalue weighted by molar-refractivity contribution is -0.118. The molecule has 0 radical (unpaired) electrons. The molecule has 0 saturated carbocycles. The summed E-state index contributed by atoms with van der Waals surface area (Å²) in [5.41, 5.74) is 3.53. The number of benzene rings is 2. The van der Waals surface area contributed by atoms with Crippen LogP contribution in [0.4, 0.5) is 15.2 Å². The third-order valence-corrected chi connectivity index (χ3v) is 5.77. The molecule has 2 aromatic carbocycles. The minimum atomic E-state index is -0.470. The second kappa shape index (κ2) is 8.23. The number of amides is 2. The second-order valence-electron chi connectivity index (χ2n) is 6.83. The summed E-state index contributed by atoms with van der Waals surface area (Å²) in [7, 11) is 1.41. The van der Waals surface area contributed by atoms with Crippen LogP contribution >= 0.6 is 11.3 Å². The van der Waals surface area contributed by atoms with Crippen LogP contribution in [0.1, 0.15) is 29.3 Å². The molecule has 1 aromatic heterocycles. The van der Waals surface area contributed by atoms with E-state index in [1.165, 1.54) is 24.5 Å². The molecule has 1 N–H and O–H groups in total. The molecule has 0 bridgehead atoms. The first kappa shape index (κ1) is 20.0. The third-order valence-electron chi connectivity index (χ3n) is 5.01. The van der Waals surface area contributed by atoms with Crippen LogP contribution in [0.3, 0.4) is 0 Å². The van der Waals surface area contributed by atoms with Gasteiger partial charge in [-0.2, -0.15) is 0 Å². The second-order valence-corrected chi connectivity index (χ2v) is 7.69. The van der Waals surface area contributed by atoms with E-state index in [1.807, 2.05) is 19.1 Å². The molecule has 4 rings (SSSR count). The van der Waals surface area contributed by atoms with Crippen LogP contribution in [0.2, 0.25) is 0 Å². The largest absolute Gasteiger partial charge is 0.494 e. The van der Waals surface area contributed by atoms with Gasteiger partial charge in [-0.05, 0) is 48.4 Å². The highest BCUT2D eigenvalue weighted by Crippen LogP contribution is 2.31. The number of rotatable bonds is 5. The zero-order chi connectivity index (χ0) is 21.3. The Morgan fingerprint density at radius 1 is 1.27 bits per heavy atom. The zero-order valence-corrected chi connectivity index (χ0v) is 17.4. The van der Waals surface area contributed by atoms with Gasteiger partial charge in [-0.15, -0.1) is 11.3 Å². The number of aromatic nitrogens is 1. The number of anilines is 2. The summed E-state index contributed by atoms with van der Waals surface area (Å²) in [6.07, 6.45) is 1.18. The lowest BCUT2D eigenvalue weighted by Gasteiger charge is -2.16. The highest BCUT2D eigenvalue weighted by Gasteiger charge is 2.24. The lowest BCUT2D eigenvalue weighted by Crippen LogP contribution is -2.27. The molecular weight excluding hydrogens is 405 g/mol. The van der Waals surface area contributed by atoms with Gasteiger partial charge in [-0.3, -0.25) is 14.9 Å². The predicted octanol–water partition coefficient (Wildman–Crippen LogP) is 4.51. The molecule has 2 amide bonds. The Morgan fingerprint density at radius 3 is 2.83 bits per heavy atom. The maximum absolute atomic E-state index is 13.9. The molecule has 1 aliphatic rings. The first-order chi connectivity index (χ1) is 14.5. The Kier molecular flexibility index (Phi) is 5.50. The normalized spacial score (nSPS) is 12.6. The van der Waals surface area contributed by atoms with E-state index in [9.17, 15) is 14.0 Å². The molecule has 0 saturated heterocycles. The monoisotopic (exact) mass is 425 g/mol. The maximum Gasteiger partial charge on any atom is 0.257 e. The summed E-state index contributed by atoms with van der Waals surface area (Å²) in [4.78, 5) is 30.8. The van der Waals surface area contributed by atoms with E-state index >= 15 is 0 Å². The summed E-state index contributed by atoms with van der Waals surface area (Å²) in [6, 6.07) is 9.96. The average molecular weight is 425 g/mol. The molecule has 0 atom stereocenters. The van der Waals surface area contributed by atoms with Crippen molar-refractivity contribution < 1.29 is 18.7 Å². The Balaban J connectivity index is 1.49. The molecule has 30 heavy (non-hydrogen) atoms. The van der Waals surface area contributed by atoms with Crippen LogP contribution < -0.4 is 15.0 Å². The molecule has 0 aliphatic carbocycles. The standard InChI is InChI=1S/C22H20FN3O3S/c1-3-20(27)26-9-8-14-10-15(4-6-18(14)26)21(28)25-22-24-17(12-30-22)13-5-7-19(29-2)16(23)11-13/h4-7,10-12H,3,8-9H2,1-2H3,(H,24,25,28). The minimum Gasteiger partial charge on any atom is -0.494 e. The van der Waals surface area contributed by atoms with Crippen molar-refractivity contribution in [3.8, 4) is 17.0 Å². The Bertz CT molecular complexity index is 1130. The highest BCUT2D eigenvalue weighted by atomic mass is 32.1. The van der Waals surface area contributed by atoms with Gasteiger partial charge in [0.2, 0.25) is 5.91 Å². The van der Waals surface area contributed by atoms with Gasteiger partial charge in [-0.1, -0.05) is 6.92 Å². The molecule has 0 spiro atoms. The van der Waals surface area contributed by atoms with Gasteiger partial charge in [0.15, 0.2) is 16.7 Å².